The largest absolute Gasteiger partial charge is 0.487 e. The number of benzene rings is 3. The molecule has 0 amide bonds. The number of hydrogen-bond donors (Lipinski definition) is 1. The van der Waals surface area contributed by atoms with Crippen LogP contribution in [0.25, 0.3) is 26.5 Å². The lowest BCUT2D eigenvalue weighted by Crippen LogP contribution is -2.03. The van der Waals surface area contributed by atoms with E-state index in [-0.39, 0.29) is 5.82 Å². The van der Waals surface area contributed by atoms with Gasteiger partial charge in [0.05, 0.1) is 28.4 Å². The van der Waals surface area contributed by atoms with Gasteiger partial charge in [-0.3, -0.25) is 4.57 Å². The molecule has 0 spiro atoms. The first-order valence-corrected chi connectivity index (χ1v) is 10.1. The predicted octanol–water partition coefficient (Wildman–Crippen LogP) is 5.45. The number of thiazole rings is 1. The average molecular weight is 416 g/mol. The number of halogens is 1. The smallest absolute Gasteiger partial charge is 0.130 e. The number of anilines is 1. The summed E-state index contributed by atoms with van der Waals surface area (Å²) >= 11 is 1.48. The Kier molecular flexibility index (Phi) is 4.65. The van der Waals surface area contributed by atoms with E-state index in [9.17, 15) is 4.39 Å². The highest BCUT2D eigenvalue weighted by Gasteiger charge is 2.09. The van der Waals surface area contributed by atoms with Crippen LogP contribution in [0, 0.1) is 5.82 Å². The molecule has 2 heterocycles. The summed E-state index contributed by atoms with van der Waals surface area (Å²) in [6.45, 7) is 0.370. The van der Waals surface area contributed by atoms with E-state index in [4.69, 9.17) is 10.5 Å². The Morgan fingerprint density at radius 3 is 2.73 bits per heavy atom. The third kappa shape index (κ3) is 3.62. The number of nitrogens with two attached hydrogens (primary N) is 1. The maximum atomic E-state index is 13.4. The number of hydrogen-bond acceptors (Lipinski definition) is 5. The lowest BCUT2D eigenvalue weighted by Gasteiger charge is -2.10. The zero-order valence-electron chi connectivity index (χ0n) is 15.8. The Labute approximate surface area is 176 Å². The van der Waals surface area contributed by atoms with Gasteiger partial charge in [0.25, 0.3) is 0 Å². The quantitative estimate of drug-likeness (QED) is 0.387. The topological polar surface area (TPSA) is 66.0 Å². The number of fused-ring (bicyclic) bond motifs is 1. The number of imidazole rings is 1. The maximum Gasteiger partial charge on any atom is 0.130 e. The molecule has 0 aliphatic rings. The highest BCUT2D eigenvalue weighted by Crippen LogP contribution is 2.31. The molecule has 2 aromatic heterocycles. The summed E-state index contributed by atoms with van der Waals surface area (Å²) in [4.78, 5) is 8.87. The molecular formula is C23H17FN4OS. The van der Waals surface area contributed by atoms with Crippen LogP contribution in [0.1, 0.15) is 5.69 Å². The normalized spacial score (nSPS) is 11.1. The molecule has 30 heavy (non-hydrogen) atoms. The van der Waals surface area contributed by atoms with Crippen molar-refractivity contribution in [2.75, 3.05) is 5.73 Å². The van der Waals surface area contributed by atoms with E-state index in [0.717, 1.165) is 32.2 Å². The summed E-state index contributed by atoms with van der Waals surface area (Å²) in [5.74, 6) is 0.464. The number of ether oxygens (including phenoxy) is 1. The number of nitrogens with zero attached hydrogens (tertiary/aromatic N) is 3. The minimum atomic E-state index is -0.249. The van der Waals surface area contributed by atoms with Gasteiger partial charge < -0.3 is 10.5 Å². The van der Waals surface area contributed by atoms with Gasteiger partial charge in [-0.05, 0) is 54.6 Å². The molecule has 5 nitrogen and oxygen atoms in total. The van der Waals surface area contributed by atoms with Gasteiger partial charge in [0.1, 0.15) is 23.2 Å². The summed E-state index contributed by atoms with van der Waals surface area (Å²) in [5.41, 5.74) is 10.1. The van der Waals surface area contributed by atoms with E-state index in [1.165, 1.54) is 23.5 Å². The summed E-state index contributed by atoms with van der Waals surface area (Å²) in [6.07, 6.45) is 3.54. The van der Waals surface area contributed by atoms with E-state index in [2.05, 4.69) is 9.97 Å². The van der Waals surface area contributed by atoms with Crippen molar-refractivity contribution >= 4 is 27.2 Å². The minimum Gasteiger partial charge on any atom is -0.487 e. The van der Waals surface area contributed by atoms with Crippen LogP contribution in [-0.2, 0) is 6.61 Å². The zero-order chi connectivity index (χ0) is 20.5. The van der Waals surface area contributed by atoms with Crippen LogP contribution in [0.3, 0.4) is 0 Å². The number of rotatable bonds is 5. The molecule has 0 atom stereocenters. The minimum absolute atomic E-state index is 0.249. The van der Waals surface area contributed by atoms with Gasteiger partial charge >= 0.3 is 0 Å². The molecule has 5 rings (SSSR count). The van der Waals surface area contributed by atoms with Crippen molar-refractivity contribution in [2.45, 2.75) is 6.61 Å². The van der Waals surface area contributed by atoms with Crippen LogP contribution in [0.5, 0.6) is 5.75 Å². The van der Waals surface area contributed by atoms with Gasteiger partial charge in [-0.15, -0.1) is 11.3 Å². The molecule has 0 aliphatic heterocycles. The lowest BCUT2D eigenvalue weighted by molar-refractivity contribution is 0.299. The highest BCUT2D eigenvalue weighted by atomic mass is 32.1. The zero-order valence-corrected chi connectivity index (χ0v) is 16.6. The Balaban J connectivity index is 1.37. The number of aromatic nitrogens is 3. The summed E-state index contributed by atoms with van der Waals surface area (Å²) in [6, 6.07) is 20.0. The summed E-state index contributed by atoms with van der Waals surface area (Å²) in [7, 11) is 0. The molecule has 0 saturated carbocycles. The monoisotopic (exact) mass is 416 g/mol. The van der Waals surface area contributed by atoms with Crippen molar-refractivity contribution in [1.82, 2.24) is 14.5 Å². The SMILES string of the molecule is Nc1cccc(OCc2cncn2-c2ccc(-c3nc4ccc(F)cc4s3)cc2)c1. The van der Waals surface area contributed by atoms with Crippen molar-refractivity contribution in [1.29, 1.82) is 0 Å². The van der Waals surface area contributed by atoms with Crippen LogP contribution in [-0.4, -0.2) is 14.5 Å². The summed E-state index contributed by atoms with van der Waals surface area (Å²) < 4.78 is 22.1. The first-order valence-electron chi connectivity index (χ1n) is 9.32. The molecular weight excluding hydrogens is 399 g/mol. The van der Waals surface area contributed by atoms with E-state index in [0.29, 0.717) is 18.0 Å². The third-order valence-electron chi connectivity index (χ3n) is 4.70. The maximum absolute atomic E-state index is 13.4. The van der Waals surface area contributed by atoms with Crippen molar-refractivity contribution < 1.29 is 9.13 Å². The highest BCUT2D eigenvalue weighted by molar-refractivity contribution is 7.21. The van der Waals surface area contributed by atoms with Crippen LogP contribution >= 0.6 is 11.3 Å². The fourth-order valence-electron chi connectivity index (χ4n) is 3.21. The third-order valence-corrected chi connectivity index (χ3v) is 5.77. The van der Waals surface area contributed by atoms with Gasteiger partial charge in [0, 0.05) is 23.0 Å². The molecule has 2 N–H and O–H groups in total. The first kappa shape index (κ1) is 18.3. The van der Waals surface area contributed by atoms with E-state index >= 15 is 0 Å². The second-order valence-corrected chi connectivity index (χ2v) is 7.82. The fourth-order valence-corrected chi connectivity index (χ4v) is 4.21. The Bertz CT molecular complexity index is 1330. The Hall–Kier alpha value is -3.71. The fraction of sp³-hybridized carbons (Fsp3) is 0.0435. The first-order chi connectivity index (χ1) is 14.7. The Morgan fingerprint density at radius 2 is 1.90 bits per heavy atom. The van der Waals surface area contributed by atoms with Crippen molar-refractivity contribution in [2.24, 2.45) is 0 Å². The van der Waals surface area contributed by atoms with E-state index < -0.39 is 0 Å². The van der Waals surface area contributed by atoms with E-state index in [1.807, 2.05) is 47.0 Å². The standard InChI is InChI=1S/C23H17FN4OS/c24-16-6-9-21-22(10-16)30-23(27-21)15-4-7-18(8-5-15)28-14-26-12-19(28)13-29-20-3-1-2-17(25)11-20/h1-12,14H,13,25H2. The van der Waals surface area contributed by atoms with Gasteiger partial charge in [-0.25, -0.2) is 14.4 Å². The molecule has 7 heteroatoms. The molecule has 0 bridgehead atoms. The molecule has 0 radical (unpaired) electrons. The molecule has 0 unspecified atom stereocenters. The second-order valence-electron chi connectivity index (χ2n) is 6.79. The van der Waals surface area contributed by atoms with Crippen LogP contribution in [0.15, 0.2) is 79.3 Å². The van der Waals surface area contributed by atoms with Crippen molar-refractivity contribution in [3.63, 3.8) is 0 Å². The van der Waals surface area contributed by atoms with Gasteiger partial charge in [-0.2, -0.15) is 0 Å². The van der Waals surface area contributed by atoms with Gasteiger partial charge in [0.15, 0.2) is 0 Å². The second kappa shape index (κ2) is 7.61. The van der Waals surface area contributed by atoms with Gasteiger partial charge in [-0.1, -0.05) is 6.07 Å². The average Bonchev–Trinajstić information content (AvgIpc) is 3.39. The van der Waals surface area contributed by atoms with Crippen molar-refractivity contribution in [3.8, 4) is 22.0 Å². The molecule has 148 valence electrons. The lowest BCUT2D eigenvalue weighted by atomic mass is 10.2. The van der Waals surface area contributed by atoms with Crippen LogP contribution in [0.4, 0.5) is 10.1 Å². The van der Waals surface area contributed by atoms with Crippen LogP contribution in [0.2, 0.25) is 0 Å². The molecule has 5 aromatic rings. The van der Waals surface area contributed by atoms with Crippen molar-refractivity contribution in [3.05, 3.63) is 90.8 Å². The summed E-state index contributed by atoms with van der Waals surface area (Å²) in [5, 5.41) is 0.859. The van der Waals surface area contributed by atoms with Gasteiger partial charge in [0.2, 0.25) is 0 Å². The molecule has 0 saturated heterocycles. The molecule has 3 aromatic carbocycles. The Morgan fingerprint density at radius 1 is 1.03 bits per heavy atom. The molecule has 0 aliphatic carbocycles. The van der Waals surface area contributed by atoms with E-state index in [1.54, 1.807) is 24.7 Å². The van der Waals surface area contributed by atoms with Crippen LogP contribution < -0.4 is 10.5 Å². The number of nitrogen functional groups attached to an aromatic ring is 1. The molecule has 0 fully saturated rings. The predicted molar refractivity (Wildman–Crippen MR) is 117 cm³/mol.